The fourth-order valence-corrected chi connectivity index (χ4v) is 4.13. The lowest BCUT2D eigenvalue weighted by molar-refractivity contribution is 0.00578. The van der Waals surface area contributed by atoms with Gasteiger partial charge in [-0.1, -0.05) is 38.4 Å². The molecule has 0 spiro atoms. The van der Waals surface area contributed by atoms with Gasteiger partial charge in [-0.3, -0.25) is 0 Å². The molecule has 1 N–H and O–H groups in total. The molecule has 2 aliphatic heterocycles. The summed E-state index contributed by atoms with van der Waals surface area (Å²) in [6, 6.07) is 5.80. The largest absolute Gasteiger partial charge is 0.496 e. The number of rotatable bonds is 2. The van der Waals surface area contributed by atoms with Crippen LogP contribution >= 0.6 is 11.6 Å². The van der Waals surface area contributed by atoms with E-state index >= 15 is 0 Å². The Bertz CT molecular complexity index is 777. The van der Waals surface area contributed by atoms with Crippen LogP contribution in [0.1, 0.15) is 48.5 Å². The molecule has 0 aromatic heterocycles. The third-order valence-electron chi connectivity index (χ3n) is 6.48. The lowest BCUT2D eigenvalue weighted by Gasteiger charge is -2.46. The zero-order valence-electron chi connectivity index (χ0n) is 18.5. The lowest BCUT2D eigenvalue weighted by atomic mass is 9.79. The maximum Gasteiger partial charge on any atom is 0.496 e. The number of anilines is 1. The van der Waals surface area contributed by atoms with Crippen molar-refractivity contribution in [3.8, 4) is 0 Å². The van der Waals surface area contributed by atoms with Gasteiger partial charge in [0.15, 0.2) is 0 Å². The highest BCUT2D eigenvalue weighted by molar-refractivity contribution is 6.65. The SMILES string of the molecule is CC(C)(C)C1CN(c2ccc(B3OC(C)(C)C(C)(C)O3)c(Cl)c2)CCN1C(=O)O. The van der Waals surface area contributed by atoms with Crippen LogP contribution in [0.4, 0.5) is 10.5 Å². The van der Waals surface area contributed by atoms with Crippen molar-refractivity contribution in [3.05, 3.63) is 23.2 Å². The minimum atomic E-state index is -0.862. The minimum absolute atomic E-state index is 0.102. The van der Waals surface area contributed by atoms with E-state index in [-0.39, 0.29) is 11.5 Å². The topological polar surface area (TPSA) is 62.2 Å². The van der Waals surface area contributed by atoms with E-state index in [1.54, 1.807) is 4.90 Å². The van der Waals surface area contributed by atoms with Gasteiger partial charge < -0.3 is 24.2 Å². The number of carboxylic acid groups (broad SMARTS) is 1. The normalized spacial score (nSPS) is 24.1. The number of carbonyl (C=O) groups is 1. The highest BCUT2D eigenvalue weighted by Gasteiger charge is 2.52. The molecular formula is C21H32BClN2O4. The predicted molar refractivity (Wildman–Crippen MR) is 117 cm³/mol. The molecule has 29 heavy (non-hydrogen) atoms. The van der Waals surface area contributed by atoms with Gasteiger partial charge in [0.05, 0.1) is 17.2 Å². The first-order valence-electron chi connectivity index (χ1n) is 10.1. The highest BCUT2D eigenvalue weighted by Crippen LogP contribution is 2.37. The van der Waals surface area contributed by atoms with E-state index in [0.29, 0.717) is 24.7 Å². The number of amides is 1. The third kappa shape index (κ3) is 4.23. The average molecular weight is 423 g/mol. The summed E-state index contributed by atoms with van der Waals surface area (Å²) in [4.78, 5) is 15.4. The Labute approximate surface area is 179 Å². The molecule has 2 fully saturated rings. The van der Waals surface area contributed by atoms with E-state index in [1.165, 1.54) is 0 Å². The molecule has 0 aliphatic carbocycles. The van der Waals surface area contributed by atoms with E-state index in [1.807, 2.05) is 45.9 Å². The molecular weight excluding hydrogens is 391 g/mol. The van der Waals surface area contributed by atoms with Crippen molar-refractivity contribution in [1.29, 1.82) is 0 Å². The zero-order valence-corrected chi connectivity index (χ0v) is 19.2. The Hall–Kier alpha value is -1.44. The van der Waals surface area contributed by atoms with Crippen molar-refractivity contribution < 1.29 is 19.2 Å². The minimum Gasteiger partial charge on any atom is -0.465 e. The summed E-state index contributed by atoms with van der Waals surface area (Å²) in [6.45, 7) is 16.0. The Kier molecular flexibility index (Phi) is 5.65. The van der Waals surface area contributed by atoms with Crippen LogP contribution in [0.2, 0.25) is 5.02 Å². The molecule has 2 aliphatic rings. The maximum absolute atomic E-state index is 11.7. The van der Waals surface area contributed by atoms with Crippen LogP contribution in [0.5, 0.6) is 0 Å². The van der Waals surface area contributed by atoms with Gasteiger partial charge in [-0.2, -0.15) is 0 Å². The van der Waals surface area contributed by atoms with Crippen molar-refractivity contribution in [2.45, 2.75) is 65.7 Å². The van der Waals surface area contributed by atoms with Crippen LogP contribution in [0, 0.1) is 5.41 Å². The number of piperazine rings is 1. The summed E-state index contributed by atoms with van der Waals surface area (Å²) in [5.74, 6) is 0. The van der Waals surface area contributed by atoms with E-state index in [0.717, 1.165) is 11.2 Å². The molecule has 1 aromatic rings. The first kappa shape index (κ1) is 22.3. The van der Waals surface area contributed by atoms with E-state index in [9.17, 15) is 9.90 Å². The zero-order chi connectivity index (χ0) is 21.8. The summed E-state index contributed by atoms with van der Waals surface area (Å²) in [7, 11) is -0.507. The summed E-state index contributed by atoms with van der Waals surface area (Å²) >= 11 is 6.63. The average Bonchev–Trinajstić information content (AvgIpc) is 2.80. The van der Waals surface area contributed by atoms with Crippen LogP contribution in [0.25, 0.3) is 0 Å². The number of halogens is 1. The number of hydrogen-bond acceptors (Lipinski definition) is 4. The van der Waals surface area contributed by atoms with Gasteiger partial charge in [-0.15, -0.1) is 0 Å². The summed E-state index contributed by atoms with van der Waals surface area (Å²) in [5, 5.41) is 10.2. The number of hydrogen-bond donors (Lipinski definition) is 1. The van der Waals surface area contributed by atoms with E-state index < -0.39 is 24.4 Å². The Balaban J connectivity index is 1.81. The van der Waals surface area contributed by atoms with Gasteiger partial charge in [-0.05, 0) is 45.2 Å². The third-order valence-corrected chi connectivity index (χ3v) is 6.81. The van der Waals surface area contributed by atoms with Crippen LogP contribution in [0.15, 0.2) is 18.2 Å². The van der Waals surface area contributed by atoms with Crippen LogP contribution in [0.3, 0.4) is 0 Å². The fourth-order valence-electron chi connectivity index (χ4n) is 3.86. The maximum atomic E-state index is 11.7. The molecule has 0 saturated carbocycles. The van der Waals surface area contributed by atoms with Gasteiger partial charge in [0, 0.05) is 35.8 Å². The van der Waals surface area contributed by atoms with Gasteiger partial charge >= 0.3 is 13.2 Å². The molecule has 1 unspecified atom stereocenters. The second kappa shape index (κ2) is 7.36. The standard InChI is InChI=1S/C21H32BClN2O4/c1-19(2,3)17-13-24(10-11-25(17)18(26)27)14-8-9-15(16(23)12-14)22-28-20(4,5)21(6,7)29-22/h8-9,12,17H,10-11,13H2,1-7H3,(H,26,27). The molecule has 160 valence electrons. The van der Waals surface area contributed by atoms with Gasteiger partial charge in [0.2, 0.25) is 0 Å². The summed E-state index contributed by atoms with van der Waals surface area (Å²) in [5.41, 5.74) is 0.781. The first-order valence-corrected chi connectivity index (χ1v) is 10.5. The van der Waals surface area contributed by atoms with Gasteiger partial charge in [0.25, 0.3) is 0 Å². The lowest BCUT2D eigenvalue weighted by Crippen LogP contribution is -2.59. The summed E-state index contributed by atoms with van der Waals surface area (Å²) < 4.78 is 12.3. The predicted octanol–water partition coefficient (Wildman–Crippen LogP) is 3.85. The van der Waals surface area contributed by atoms with E-state index in [4.69, 9.17) is 20.9 Å². The molecule has 0 radical (unpaired) electrons. The molecule has 8 heteroatoms. The van der Waals surface area contributed by atoms with Crippen LogP contribution < -0.4 is 10.4 Å². The Morgan fingerprint density at radius 1 is 1.17 bits per heavy atom. The Morgan fingerprint density at radius 3 is 2.24 bits per heavy atom. The molecule has 1 aromatic carbocycles. The molecule has 2 heterocycles. The number of nitrogens with zero attached hydrogens (tertiary/aromatic N) is 2. The quantitative estimate of drug-likeness (QED) is 0.733. The van der Waals surface area contributed by atoms with Crippen molar-refractivity contribution >= 4 is 36.0 Å². The monoisotopic (exact) mass is 422 g/mol. The molecule has 1 atom stereocenters. The Morgan fingerprint density at radius 2 is 1.76 bits per heavy atom. The molecule has 6 nitrogen and oxygen atoms in total. The molecule has 3 rings (SSSR count). The highest BCUT2D eigenvalue weighted by atomic mass is 35.5. The summed E-state index contributed by atoms with van der Waals surface area (Å²) in [6.07, 6.45) is -0.862. The number of benzene rings is 1. The van der Waals surface area contributed by atoms with Crippen LogP contribution in [-0.4, -0.2) is 60.1 Å². The first-order chi connectivity index (χ1) is 13.2. The fraction of sp³-hybridized carbons (Fsp3) is 0.667. The van der Waals surface area contributed by atoms with Crippen LogP contribution in [-0.2, 0) is 9.31 Å². The van der Waals surface area contributed by atoms with E-state index in [2.05, 4.69) is 25.7 Å². The second-order valence-electron chi connectivity index (χ2n) is 10.1. The van der Waals surface area contributed by atoms with Crippen molar-refractivity contribution in [2.75, 3.05) is 24.5 Å². The van der Waals surface area contributed by atoms with Crippen molar-refractivity contribution in [3.63, 3.8) is 0 Å². The molecule has 2 saturated heterocycles. The molecule has 1 amide bonds. The smallest absolute Gasteiger partial charge is 0.465 e. The second-order valence-corrected chi connectivity index (χ2v) is 10.5. The van der Waals surface area contributed by atoms with Gasteiger partial charge in [-0.25, -0.2) is 4.79 Å². The molecule has 0 bridgehead atoms. The van der Waals surface area contributed by atoms with Crippen molar-refractivity contribution in [2.24, 2.45) is 5.41 Å². The van der Waals surface area contributed by atoms with Gasteiger partial charge in [0.1, 0.15) is 0 Å². The van der Waals surface area contributed by atoms with Crippen molar-refractivity contribution in [1.82, 2.24) is 4.90 Å².